The molecule has 21 heavy (non-hydrogen) atoms. The molecule has 0 radical (unpaired) electrons. The lowest BCUT2D eigenvalue weighted by Crippen LogP contribution is -2.35. The molecule has 0 amide bonds. The predicted octanol–water partition coefficient (Wildman–Crippen LogP) is 2.64. The van der Waals surface area contributed by atoms with Crippen LogP contribution >= 0.6 is 0 Å². The summed E-state index contributed by atoms with van der Waals surface area (Å²) in [6.45, 7) is 9.39. The van der Waals surface area contributed by atoms with Gasteiger partial charge in [0, 0.05) is 24.8 Å². The van der Waals surface area contributed by atoms with Gasteiger partial charge in [0.15, 0.2) is 0 Å². The number of rotatable bonds is 5. The summed E-state index contributed by atoms with van der Waals surface area (Å²) >= 11 is 0. The van der Waals surface area contributed by atoms with E-state index in [-0.39, 0.29) is 5.54 Å². The first kappa shape index (κ1) is 15.7. The predicted molar refractivity (Wildman–Crippen MR) is 84.9 cm³/mol. The van der Waals surface area contributed by atoms with Crippen LogP contribution in [-0.4, -0.2) is 21.4 Å². The van der Waals surface area contributed by atoms with Crippen molar-refractivity contribution in [2.45, 2.75) is 45.4 Å². The first-order chi connectivity index (χ1) is 9.79. The van der Waals surface area contributed by atoms with Gasteiger partial charge in [-0.05, 0) is 33.3 Å². The Bertz CT molecular complexity index is 567. The van der Waals surface area contributed by atoms with Crippen molar-refractivity contribution in [1.82, 2.24) is 15.1 Å². The molecule has 114 valence electrons. The van der Waals surface area contributed by atoms with Gasteiger partial charge in [-0.1, -0.05) is 30.3 Å². The highest BCUT2D eigenvalue weighted by Crippen LogP contribution is 2.19. The summed E-state index contributed by atoms with van der Waals surface area (Å²) in [7, 11) is 0. The molecule has 1 heterocycles. The van der Waals surface area contributed by atoms with Crippen LogP contribution in [0.25, 0.3) is 0 Å². The van der Waals surface area contributed by atoms with Gasteiger partial charge in [0.05, 0.1) is 17.3 Å². The van der Waals surface area contributed by atoms with Crippen LogP contribution in [-0.2, 0) is 17.7 Å². The van der Waals surface area contributed by atoms with E-state index in [1.807, 2.05) is 54.3 Å². The molecule has 2 N–H and O–H groups in total. The lowest BCUT2D eigenvalue weighted by atomic mass is 9.96. The second-order valence-electron chi connectivity index (χ2n) is 6.71. The van der Waals surface area contributed by atoms with Gasteiger partial charge in [-0.25, -0.2) is 0 Å². The number of nitrogens with zero attached hydrogens (tertiary/aromatic N) is 2. The molecule has 1 aromatic carbocycles. The third-order valence-electron chi connectivity index (χ3n) is 3.52. The number of benzene rings is 1. The first-order valence-electron chi connectivity index (χ1n) is 7.32. The average Bonchev–Trinajstić information content (AvgIpc) is 2.88. The topological polar surface area (TPSA) is 50.1 Å². The van der Waals surface area contributed by atoms with Crippen LogP contribution in [0.15, 0.2) is 42.7 Å². The van der Waals surface area contributed by atoms with E-state index in [1.165, 1.54) is 0 Å². The molecule has 0 saturated carbocycles. The second-order valence-corrected chi connectivity index (χ2v) is 6.71. The third kappa shape index (κ3) is 4.16. The van der Waals surface area contributed by atoms with Gasteiger partial charge in [-0.3, -0.25) is 4.68 Å². The van der Waals surface area contributed by atoms with E-state index in [9.17, 15) is 5.11 Å². The summed E-state index contributed by atoms with van der Waals surface area (Å²) in [6, 6.07) is 9.72. The zero-order valence-corrected chi connectivity index (χ0v) is 13.3. The van der Waals surface area contributed by atoms with Crippen molar-refractivity contribution >= 4 is 0 Å². The van der Waals surface area contributed by atoms with Crippen molar-refractivity contribution in [3.63, 3.8) is 0 Å². The molecule has 4 heteroatoms. The Kier molecular flexibility index (Phi) is 4.49. The van der Waals surface area contributed by atoms with Crippen molar-refractivity contribution < 1.29 is 5.11 Å². The van der Waals surface area contributed by atoms with Crippen LogP contribution in [0.2, 0.25) is 0 Å². The molecule has 1 aromatic heterocycles. The molecule has 0 saturated heterocycles. The fourth-order valence-corrected chi connectivity index (χ4v) is 2.17. The molecule has 0 spiro atoms. The Hall–Kier alpha value is -1.65. The molecule has 2 aromatic rings. The number of hydrogen-bond donors (Lipinski definition) is 2. The number of aliphatic hydroxyl groups is 1. The molecule has 4 nitrogen and oxygen atoms in total. The Labute approximate surface area is 126 Å². The standard InChI is InChI=1S/C17H25N3O/c1-16(2,3)20-12-14(11-19-20)10-18-13-17(4,21)15-8-6-5-7-9-15/h5-9,11-12,18,21H,10,13H2,1-4H3. The van der Waals surface area contributed by atoms with Crippen LogP contribution in [0.5, 0.6) is 0 Å². The minimum Gasteiger partial charge on any atom is -0.384 e. The molecule has 0 fully saturated rings. The van der Waals surface area contributed by atoms with Gasteiger partial charge in [0.1, 0.15) is 0 Å². The summed E-state index contributed by atoms with van der Waals surface area (Å²) < 4.78 is 1.96. The largest absolute Gasteiger partial charge is 0.384 e. The van der Waals surface area contributed by atoms with Crippen LogP contribution in [0.1, 0.15) is 38.8 Å². The number of aromatic nitrogens is 2. The van der Waals surface area contributed by atoms with Gasteiger partial charge in [0.25, 0.3) is 0 Å². The Balaban J connectivity index is 1.91. The molecule has 0 aliphatic carbocycles. The fourth-order valence-electron chi connectivity index (χ4n) is 2.17. The normalized spacial score (nSPS) is 14.9. The van der Waals surface area contributed by atoms with Crippen molar-refractivity contribution in [1.29, 1.82) is 0 Å². The van der Waals surface area contributed by atoms with Crippen molar-refractivity contribution in [2.24, 2.45) is 0 Å². The highest BCUT2D eigenvalue weighted by Gasteiger charge is 2.22. The van der Waals surface area contributed by atoms with Crippen LogP contribution < -0.4 is 5.32 Å². The maximum absolute atomic E-state index is 10.5. The molecular formula is C17H25N3O. The quantitative estimate of drug-likeness (QED) is 0.889. The van der Waals surface area contributed by atoms with Gasteiger partial charge in [-0.15, -0.1) is 0 Å². The highest BCUT2D eigenvalue weighted by atomic mass is 16.3. The smallest absolute Gasteiger partial charge is 0.0992 e. The lowest BCUT2D eigenvalue weighted by Gasteiger charge is -2.24. The van der Waals surface area contributed by atoms with Crippen molar-refractivity contribution in [2.75, 3.05) is 6.54 Å². The van der Waals surface area contributed by atoms with Gasteiger partial charge < -0.3 is 10.4 Å². The van der Waals surface area contributed by atoms with E-state index in [2.05, 4.69) is 31.2 Å². The minimum absolute atomic E-state index is 0.00617. The minimum atomic E-state index is -0.874. The van der Waals surface area contributed by atoms with Crippen LogP contribution in [0, 0.1) is 0 Å². The van der Waals surface area contributed by atoms with Gasteiger partial charge >= 0.3 is 0 Å². The maximum Gasteiger partial charge on any atom is 0.0992 e. The SMILES string of the molecule is CC(O)(CNCc1cnn(C(C)(C)C)c1)c1ccccc1. The van der Waals surface area contributed by atoms with Gasteiger partial charge in [-0.2, -0.15) is 5.10 Å². The fraction of sp³-hybridized carbons (Fsp3) is 0.471. The zero-order valence-electron chi connectivity index (χ0n) is 13.3. The van der Waals surface area contributed by atoms with E-state index >= 15 is 0 Å². The van der Waals surface area contributed by atoms with Gasteiger partial charge in [0.2, 0.25) is 0 Å². The summed E-state index contributed by atoms with van der Waals surface area (Å²) in [5.74, 6) is 0. The summed E-state index contributed by atoms with van der Waals surface area (Å²) in [5.41, 5.74) is 1.16. The second kappa shape index (κ2) is 6.00. The lowest BCUT2D eigenvalue weighted by molar-refractivity contribution is 0.0566. The highest BCUT2D eigenvalue weighted by molar-refractivity contribution is 5.21. The summed E-state index contributed by atoms with van der Waals surface area (Å²) in [4.78, 5) is 0. The molecule has 1 atom stereocenters. The third-order valence-corrected chi connectivity index (χ3v) is 3.52. The molecule has 0 bridgehead atoms. The molecular weight excluding hydrogens is 262 g/mol. The Morgan fingerprint density at radius 3 is 2.38 bits per heavy atom. The summed E-state index contributed by atoms with van der Waals surface area (Å²) in [6.07, 6.45) is 3.92. The van der Waals surface area contributed by atoms with Crippen LogP contribution in [0.3, 0.4) is 0 Å². The van der Waals surface area contributed by atoms with Crippen molar-refractivity contribution in [3.8, 4) is 0 Å². The maximum atomic E-state index is 10.5. The molecule has 0 aliphatic rings. The molecule has 1 unspecified atom stereocenters. The monoisotopic (exact) mass is 287 g/mol. The Morgan fingerprint density at radius 2 is 1.81 bits per heavy atom. The molecule has 0 aliphatic heterocycles. The Morgan fingerprint density at radius 1 is 1.14 bits per heavy atom. The van der Waals surface area contributed by atoms with E-state index in [0.29, 0.717) is 13.1 Å². The van der Waals surface area contributed by atoms with E-state index in [4.69, 9.17) is 0 Å². The average molecular weight is 287 g/mol. The number of nitrogens with one attached hydrogen (secondary N) is 1. The first-order valence-corrected chi connectivity index (χ1v) is 7.32. The molecule has 2 rings (SSSR count). The van der Waals surface area contributed by atoms with E-state index in [0.717, 1.165) is 11.1 Å². The number of hydrogen-bond acceptors (Lipinski definition) is 3. The zero-order chi connectivity index (χ0) is 15.5. The van der Waals surface area contributed by atoms with Crippen molar-refractivity contribution in [3.05, 3.63) is 53.9 Å². The van der Waals surface area contributed by atoms with E-state index in [1.54, 1.807) is 0 Å². The van der Waals surface area contributed by atoms with Crippen LogP contribution in [0.4, 0.5) is 0 Å². The van der Waals surface area contributed by atoms with E-state index < -0.39 is 5.60 Å². The summed E-state index contributed by atoms with van der Waals surface area (Å²) in [5, 5.41) is 18.2.